The lowest BCUT2D eigenvalue weighted by Gasteiger charge is -2.35. The van der Waals surface area contributed by atoms with Gasteiger partial charge in [0.15, 0.2) is 0 Å². The summed E-state index contributed by atoms with van der Waals surface area (Å²) in [6.07, 6.45) is 0. The van der Waals surface area contributed by atoms with Crippen molar-refractivity contribution < 1.29 is 4.52 Å². The van der Waals surface area contributed by atoms with E-state index >= 15 is 0 Å². The van der Waals surface area contributed by atoms with Crippen molar-refractivity contribution >= 4 is 35.3 Å². The van der Waals surface area contributed by atoms with Crippen LogP contribution >= 0.6 is 35.3 Å². The highest BCUT2D eigenvalue weighted by Crippen LogP contribution is 2.30. The highest BCUT2D eigenvalue weighted by molar-refractivity contribution is 7.13. The number of halogens is 2. The molecule has 0 bridgehead atoms. The quantitative estimate of drug-likeness (QED) is 0.721. The van der Waals surface area contributed by atoms with Gasteiger partial charge in [0.05, 0.1) is 11.4 Å². The molecule has 2 aromatic heterocycles. The van der Waals surface area contributed by atoms with E-state index in [1.54, 1.807) is 11.3 Å². The summed E-state index contributed by atoms with van der Waals surface area (Å²) >= 11 is 8.00. The normalized spacial score (nSPS) is 18.0. The van der Waals surface area contributed by atoms with E-state index in [2.05, 4.69) is 26.4 Å². The van der Waals surface area contributed by atoms with Crippen LogP contribution in [0.1, 0.15) is 17.5 Å². The molecule has 1 fully saturated rings. The first-order chi connectivity index (χ1) is 11.8. The Bertz CT molecular complexity index is 809. The fourth-order valence-corrected chi connectivity index (χ4v) is 3.90. The third-order valence-corrected chi connectivity index (χ3v) is 5.38. The lowest BCUT2D eigenvalue weighted by molar-refractivity contribution is 0.136. The summed E-state index contributed by atoms with van der Waals surface area (Å²) in [6, 6.07) is 12.2. The lowest BCUT2D eigenvalue weighted by atomic mass is 10.0. The molecule has 0 saturated carbocycles. The summed E-state index contributed by atoms with van der Waals surface area (Å²) in [7, 11) is 0. The number of aromatic nitrogens is 2. The van der Waals surface area contributed by atoms with Gasteiger partial charge in [-0.1, -0.05) is 41.0 Å². The Morgan fingerprint density at radius 3 is 2.96 bits per heavy atom. The molecule has 8 heteroatoms. The molecule has 0 amide bonds. The molecule has 1 N–H and O–H groups in total. The van der Waals surface area contributed by atoms with Crippen LogP contribution in [0, 0.1) is 0 Å². The number of rotatable bonds is 4. The molecule has 3 aromatic rings. The van der Waals surface area contributed by atoms with Crippen molar-refractivity contribution in [3.05, 3.63) is 58.3 Å². The van der Waals surface area contributed by atoms with E-state index in [-0.39, 0.29) is 18.4 Å². The third-order valence-electron chi connectivity index (χ3n) is 4.17. The number of benzene rings is 1. The topological polar surface area (TPSA) is 54.2 Å². The Labute approximate surface area is 161 Å². The number of thiophene rings is 1. The second-order valence-corrected chi connectivity index (χ2v) is 7.06. The fourth-order valence-electron chi connectivity index (χ4n) is 2.99. The van der Waals surface area contributed by atoms with Gasteiger partial charge in [-0.3, -0.25) is 4.90 Å². The minimum Gasteiger partial charge on any atom is -0.338 e. The zero-order valence-corrected chi connectivity index (χ0v) is 15.8. The highest BCUT2D eigenvalue weighted by Gasteiger charge is 2.27. The van der Waals surface area contributed by atoms with Crippen LogP contribution in [0.25, 0.3) is 10.7 Å². The second kappa shape index (κ2) is 8.29. The molecule has 0 aliphatic carbocycles. The predicted octanol–water partition coefficient (Wildman–Crippen LogP) is 4.02. The first-order valence-corrected chi connectivity index (χ1v) is 9.12. The van der Waals surface area contributed by atoms with Crippen molar-refractivity contribution in [1.29, 1.82) is 0 Å². The molecule has 4 rings (SSSR count). The van der Waals surface area contributed by atoms with Crippen LogP contribution in [0.3, 0.4) is 0 Å². The van der Waals surface area contributed by atoms with Gasteiger partial charge in [0.2, 0.25) is 11.7 Å². The number of piperazine rings is 1. The Hall–Kier alpha value is -1.44. The van der Waals surface area contributed by atoms with E-state index < -0.39 is 0 Å². The van der Waals surface area contributed by atoms with Gasteiger partial charge in [-0.2, -0.15) is 4.98 Å². The van der Waals surface area contributed by atoms with Crippen molar-refractivity contribution in [3.63, 3.8) is 0 Å². The van der Waals surface area contributed by atoms with Crippen LogP contribution in [0.2, 0.25) is 5.02 Å². The van der Waals surface area contributed by atoms with Gasteiger partial charge in [0.25, 0.3) is 0 Å². The third kappa shape index (κ3) is 4.04. The first kappa shape index (κ1) is 18.4. The molecule has 132 valence electrons. The summed E-state index contributed by atoms with van der Waals surface area (Å²) in [5.41, 5.74) is 1.13. The van der Waals surface area contributed by atoms with E-state index in [9.17, 15) is 0 Å². The molecule has 1 unspecified atom stereocenters. The van der Waals surface area contributed by atoms with Crippen molar-refractivity contribution in [2.75, 3.05) is 19.6 Å². The molecule has 25 heavy (non-hydrogen) atoms. The fraction of sp³-hybridized carbons (Fsp3) is 0.294. The molecular formula is C17H18Cl2N4OS. The number of nitrogens with one attached hydrogen (secondary N) is 1. The van der Waals surface area contributed by atoms with Gasteiger partial charge < -0.3 is 9.84 Å². The summed E-state index contributed by atoms with van der Waals surface area (Å²) < 4.78 is 5.46. The van der Waals surface area contributed by atoms with Crippen LogP contribution in [-0.4, -0.2) is 34.7 Å². The SMILES string of the molecule is Cl.Clc1ccccc1C1CNCCN1Cc1nc(-c2cccs2)no1. The van der Waals surface area contributed by atoms with Gasteiger partial charge in [-0.05, 0) is 23.1 Å². The lowest BCUT2D eigenvalue weighted by Crippen LogP contribution is -2.45. The Morgan fingerprint density at radius 2 is 2.16 bits per heavy atom. The average Bonchev–Trinajstić information content (AvgIpc) is 3.27. The molecule has 1 saturated heterocycles. The van der Waals surface area contributed by atoms with E-state index in [0.717, 1.165) is 35.1 Å². The van der Waals surface area contributed by atoms with Crippen LogP contribution in [0.5, 0.6) is 0 Å². The molecule has 1 atom stereocenters. The van der Waals surface area contributed by atoms with Gasteiger partial charge in [0, 0.05) is 30.7 Å². The summed E-state index contributed by atoms with van der Waals surface area (Å²) in [5.74, 6) is 1.29. The van der Waals surface area contributed by atoms with E-state index in [1.807, 2.05) is 35.7 Å². The van der Waals surface area contributed by atoms with Crippen LogP contribution < -0.4 is 5.32 Å². The maximum atomic E-state index is 6.39. The maximum absolute atomic E-state index is 6.39. The molecule has 3 heterocycles. The van der Waals surface area contributed by atoms with Crippen LogP contribution in [0.4, 0.5) is 0 Å². The maximum Gasteiger partial charge on any atom is 0.241 e. The van der Waals surface area contributed by atoms with Gasteiger partial charge in [0.1, 0.15) is 0 Å². The monoisotopic (exact) mass is 396 g/mol. The standard InChI is InChI=1S/C17H17ClN4OS.ClH/c18-13-5-2-1-4-12(13)14-10-19-7-8-22(14)11-16-20-17(21-23-16)15-6-3-9-24-15;/h1-6,9,14,19H,7-8,10-11H2;1H. The molecule has 1 aromatic carbocycles. The van der Waals surface area contributed by atoms with E-state index in [4.69, 9.17) is 16.1 Å². The summed E-state index contributed by atoms with van der Waals surface area (Å²) in [6.45, 7) is 3.32. The first-order valence-electron chi connectivity index (χ1n) is 7.87. The number of hydrogen-bond donors (Lipinski definition) is 1. The van der Waals surface area contributed by atoms with E-state index in [0.29, 0.717) is 18.3 Å². The van der Waals surface area contributed by atoms with Gasteiger partial charge in [-0.25, -0.2) is 0 Å². The van der Waals surface area contributed by atoms with Crippen LogP contribution in [-0.2, 0) is 6.54 Å². The molecule has 5 nitrogen and oxygen atoms in total. The molecule has 0 spiro atoms. The molecule has 1 aliphatic heterocycles. The van der Waals surface area contributed by atoms with E-state index in [1.165, 1.54) is 0 Å². The van der Waals surface area contributed by atoms with Crippen LogP contribution in [0.15, 0.2) is 46.3 Å². The van der Waals surface area contributed by atoms with Gasteiger partial charge >= 0.3 is 0 Å². The van der Waals surface area contributed by atoms with Crippen molar-refractivity contribution in [2.24, 2.45) is 0 Å². The predicted molar refractivity (Wildman–Crippen MR) is 102 cm³/mol. The Balaban J connectivity index is 0.00000182. The largest absolute Gasteiger partial charge is 0.338 e. The number of nitrogens with zero attached hydrogens (tertiary/aromatic N) is 3. The number of hydrogen-bond acceptors (Lipinski definition) is 6. The summed E-state index contributed by atoms with van der Waals surface area (Å²) in [5, 5.41) is 10.3. The average molecular weight is 397 g/mol. The summed E-state index contributed by atoms with van der Waals surface area (Å²) in [4.78, 5) is 7.89. The minimum absolute atomic E-state index is 0. The molecule has 1 aliphatic rings. The van der Waals surface area contributed by atoms with Gasteiger partial charge in [-0.15, -0.1) is 23.7 Å². The zero-order chi connectivity index (χ0) is 16.4. The zero-order valence-electron chi connectivity index (χ0n) is 13.4. The van der Waals surface area contributed by atoms with Crippen molar-refractivity contribution in [2.45, 2.75) is 12.6 Å². The Kier molecular flexibility index (Phi) is 6.09. The Morgan fingerprint density at radius 1 is 1.28 bits per heavy atom. The second-order valence-electron chi connectivity index (χ2n) is 5.70. The molecular weight excluding hydrogens is 379 g/mol. The highest BCUT2D eigenvalue weighted by atomic mass is 35.5. The van der Waals surface area contributed by atoms with Crippen molar-refractivity contribution in [1.82, 2.24) is 20.4 Å². The van der Waals surface area contributed by atoms with Crippen molar-refractivity contribution in [3.8, 4) is 10.7 Å². The molecule has 0 radical (unpaired) electrons. The smallest absolute Gasteiger partial charge is 0.241 e. The minimum atomic E-state index is 0.